The smallest absolute Gasteiger partial charge is 0.168 e. The second-order valence-electron chi connectivity index (χ2n) is 6.51. The molecule has 1 atom stereocenters. The van der Waals surface area contributed by atoms with Crippen LogP contribution in [0.4, 0.5) is 0 Å². The Balaban J connectivity index is 0.000000603. The second kappa shape index (κ2) is 16.9. The topological polar surface area (TPSA) is 18.5 Å². The normalized spacial score (nSPS) is 17.2. The Morgan fingerprint density at radius 1 is 0.960 bits per heavy atom. The minimum Gasteiger partial charge on any atom is -0.350 e. The first-order valence-electron chi connectivity index (χ1n) is 9.76. The van der Waals surface area contributed by atoms with Crippen molar-refractivity contribution in [1.29, 1.82) is 0 Å². The molecule has 1 aromatic heterocycles. The number of rotatable bonds is 7. The highest BCUT2D eigenvalue weighted by molar-refractivity contribution is 14.0. The van der Waals surface area contributed by atoms with Crippen LogP contribution >= 0.6 is 44.6 Å². The largest absolute Gasteiger partial charge is 0.350 e. The van der Waals surface area contributed by atoms with Crippen LogP contribution in [0.2, 0.25) is 0 Å². The van der Waals surface area contributed by atoms with Crippen LogP contribution in [0.1, 0.15) is 82.9 Å². The van der Waals surface area contributed by atoms with Crippen molar-refractivity contribution in [3.8, 4) is 0 Å². The van der Waals surface area contributed by atoms with Crippen molar-refractivity contribution in [2.45, 2.75) is 90.0 Å². The quantitative estimate of drug-likeness (QED) is 0.221. The first-order chi connectivity index (χ1) is 11.8. The molecule has 1 unspecified atom stereocenters. The lowest BCUT2D eigenvalue weighted by Gasteiger charge is -2.34. The van der Waals surface area contributed by atoms with Crippen LogP contribution < -0.4 is 0 Å². The fourth-order valence-electron chi connectivity index (χ4n) is 2.96. The predicted molar refractivity (Wildman–Crippen MR) is 125 cm³/mol. The minimum absolute atomic E-state index is 0. The Morgan fingerprint density at radius 2 is 1.48 bits per heavy atom. The number of hydrogen-bond acceptors (Lipinski definition) is 3. The third-order valence-electron chi connectivity index (χ3n) is 4.29. The second-order valence-corrected chi connectivity index (χ2v) is 7.95. The highest BCUT2D eigenvalue weighted by atomic mass is 127. The van der Waals surface area contributed by atoms with E-state index in [-0.39, 0.29) is 29.8 Å². The highest BCUT2D eigenvalue weighted by Crippen LogP contribution is 2.30. The highest BCUT2D eigenvalue weighted by Gasteiger charge is 2.31. The van der Waals surface area contributed by atoms with E-state index in [4.69, 9.17) is 9.47 Å². The first kappa shape index (κ1) is 25.8. The van der Waals surface area contributed by atoms with E-state index in [1.165, 1.54) is 43.4 Å². The zero-order valence-corrected chi connectivity index (χ0v) is 20.4. The van der Waals surface area contributed by atoms with Gasteiger partial charge in [0.05, 0.1) is 0 Å². The van der Waals surface area contributed by atoms with Crippen LogP contribution in [0.5, 0.6) is 0 Å². The molecule has 1 heterocycles. The maximum atomic E-state index is 6.09. The van der Waals surface area contributed by atoms with Gasteiger partial charge >= 0.3 is 0 Å². The molecular weight excluding hydrogens is 462 g/mol. The summed E-state index contributed by atoms with van der Waals surface area (Å²) in [5, 5.41) is 2.10. The van der Waals surface area contributed by atoms with Crippen LogP contribution in [0.15, 0.2) is 17.5 Å². The number of thiophene rings is 1. The van der Waals surface area contributed by atoms with Gasteiger partial charge in [-0.3, -0.25) is 0 Å². The van der Waals surface area contributed by atoms with Gasteiger partial charge in [-0.25, -0.2) is 0 Å². The summed E-state index contributed by atoms with van der Waals surface area (Å²) in [6.07, 6.45) is 13.4. The molecule has 0 amide bonds. The van der Waals surface area contributed by atoms with Crippen molar-refractivity contribution in [2.24, 2.45) is 0 Å². The zero-order chi connectivity index (χ0) is 17.5. The molecule has 0 bridgehead atoms. The molecule has 25 heavy (non-hydrogen) atoms. The van der Waals surface area contributed by atoms with Gasteiger partial charge in [-0.05, 0) is 43.3 Å². The molecule has 1 fully saturated rings. The third kappa shape index (κ3) is 12.0. The summed E-state index contributed by atoms with van der Waals surface area (Å²) in [4.78, 5) is 1.44. The summed E-state index contributed by atoms with van der Waals surface area (Å²) < 4.78 is 12.2. The molecule has 1 aliphatic rings. The molecule has 1 aromatic rings. The molecule has 0 aromatic carbocycles. The summed E-state index contributed by atoms with van der Waals surface area (Å²) in [7, 11) is 2.69. The molecule has 148 valence electrons. The molecular formula is C20H38IO2PS. The molecule has 2 nitrogen and oxygen atoms in total. The molecule has 5 heteroatoms. The van der Waals surface area contributed by atoms with Gasteiger partial charge < -0.3 is 9.47 Å². The molecule has 0 saturated heterocycles. The Bertz CT molecular complexity index is 367. The van der Waals surface area contributed by atoms with Crippen LogP contribution in [-0.2, 0) is 15.6 Å². The first-order valence-corrected chi connectivity index (χ1v) is 11.5. The average molecular weight is 500 g/mol. The number of hydrogen-bond donors (Lipinski definition) is 0. The Morgan fingerprint density at radius 3 is 1.84 bits per heavy atom. The van der Waals surface area contributed by atoms with E-state index in [9.17, 15) is 0 Å². The molecule has 0 spiro atoms. The lowest BCUT2D eigenvalue weighted by atomic mass is 10.0. The van der Waals surface area contributed by atoms with Gasteiger partial charge in [0.2, 0.25) is 0 Å². The molecule has 1 saturated carbocycles. The molecule has 0 radical (unpaired) electrons. The van der Waals surface area contributed by atoms with Gasteiger partial charge in [0, 0.05) is 30.9 Å². The van der Waals surface area contributed by atoms with Crippen LogP contribution in [0.25, 0.3) is 0 Å². The van der Waals surface area contributed by atoms with Gasteiger partial charge in [0.1, 0.15) is 0 Å². The zero-order valence-electron chi connectivity index (χ0n) is 16.1. The van der Waals surface area contributed by atoms with Gasteiger partial charge in [-0.2, -0.15) is 0 Å². The minimum atomic E-state index is -0.254. The van der Waals surface area contributed by atoms with Crippen molar-refractivity contribution < 1.29 is 9.47 Å². The Hall–Kier alpha value is 0.780. The van der Waals surface area contributed by atoms with E-state index in [1.807, 2.05) is 0 Å². The SMILES string of the molecule is CCCOC1(OCCC)CCCCCCCC1.I.PCc1cccs1. The standard InChI is InChI=1S/C15H30O2.C5H7PS.HI/c1-3-13-16-15(17-14-4-2)11-9-7-5-6-8-10-12-15;6-4-5-2-1-3-7-5;/h3-14H2,1-2H3;1-3H,4,6H2;1H. The fraction of sp³-hybridized carbons (Fsp3) is 0.800. The molecule has 2 rings (SSSR count). The van der Waals surface area contributed by atoms with E-state index in [0.717, 1.165) is 45.1 Å². The van der Waals surface area contributed by atoms with Gasteiger partial charge in [-0.1, -0.05) is 45.6 Å². The van der Waals surface area contributed by atoms with Crippen molar-refractivity contribution in [2.75, 3.05) is 13.2 Å². The van der Waals surface area contributed by atoms with E-state index in [1.54, 1.807) is 11.3 Å². The van der Waals surface area contributed by atoms with Crippen LogP contribution in [-0.4, -0.2) is 19.0 Å². The van der Waals surface area contributed by atoms with Gasteiger partial charge in [0.25, 0.3) is 0 Å². The fourth-order valence-corrected chi connectivity index (χ4v) is 3.97. The summed E-state index contributed by atoms with van der Waals surface area (Å²) in [6.45, 7) is 6.01. The van der Waals surface area contributed by atoms with Gasteiger partial charge in [-0.15, -0.1) is 44.6 Å². The summed E-state index contributed by atoms with van der Waals surface area (Å²) in [5.74, 6) is -0.254. The average Bonchev–Trinajstić information content (AvgIpc) is 3.16. The Labute approximate surface area is 179 Å². The summed E-state index contributed by atoms with van der Waals surface area (Å²) in [6, 6.07) is 4.21. The molecule has 0 N–H and O–H groups in total. The van der Waals surface area contributed by atoms with E-state index < -0.39 is 0 Å². The van der Waals surface area contributed by atoms with Crippen molar-refractivity contribution in [3.63, 3.8) is 0 Å². The van der Waals surface area contributed by atoms with E-state index in [0.29, 0.717) is 0 Å². The van der Waals surface area contributed by atoms with Crippen molar-refractivity contribution in [3.05, 3.63) is 22.4 Å². The number of halogens is 1. The molecule has 0 aliphatic heterocycles. The number of ether oxygens (including phenoxy) is 2. The lowest BCUT2D eigenvalue weighted by Crippen LogP contribution is -2.36. The monoisotopic (exact) mass is 500 g/mol. The predicted octanol–water partition coefficient (Wildman–Crippen LogP) is 7.41. The summed E-state index contributed by atoms with van der Waals surface area (Å²) >= 11 is 1.80. The molecule has 1 aliphatic carbocycles. The van der Waals surface area contributed by atoms with Gasteiger partial charge in [0.15, 0.2) is 5.79 Å². The third-order valence-corrected chi connectivity index (χ3v) is 5.92. The van der Waals surface area contributed by atoms with Crippen LogP contribution in [0.3, 0.4) is 0 Å². The summed E-state index contributed by atoms with van der Waals surface area (Å²) in [5.41, 5.74) is 0. The maximum absolute atomic E-state index is 6.09. The van der Waals surface area contributed by atoms with Crippen LogP contribution in [0, 0.1) is 0 Å². The lowest BCUT2D eigenvalue weighted by molar-refractivity contribution is -0.246. The van der Waals surface area contributed by atoms with E-state index >= 15 is 0 Å². The van der Waals surface area contributed by atoms with Crippen molar-refractivity contribution in [1.82, 2.24) is 0 Å². The van der Waals surface area contributed by atoms with E-state index in [2.05, 4.69) is 40.6 Å². The van der Waals surface area contributed by atoms with Crippen molar-refractivity contribution >= 4 is 44.6 Å². The Kier molecular flexibility index (Phi) is 17.4. The maximum Gasteiger partial charge on any atom is 0.168 e.